The van der Waals surface area contributed by atoms with Gasteiger partial charge in [0.2, 0.25) is 0 Å². The van der Waals surface area contributed by atoms with Crippen molar-refractivity contribution in [1.29, 1.82) is 0 Å². The molecule has 1 N–H and O–H groups in total. The second kappa shape index (κ2) is 45.4. The van der Waals surface area contributed by atoms with Crippen LogP contribution in [-0.2, 0) is 19.1 Å². The van der Waals surface area contributed by atoms with Crippen molar-refractivity contribution in [2.75, 3.05) is 39.5 Å². The Morgan fingerprint density at radius 2 is 0.719 bits per heavy atom. The van der Waals surface area contributed by atoms with Gasteiger partial charge in [-0.05, 0) is 96.6 Å². The number of aliphatic hydroxyl groups excluding tert-OH is 1. The van der Waals surface area contributed by atoms with E-state index >= 15 is 0 Å². The van der Waals surface area contributed by atoms with Gasteiger partial charge in [-0.25, -0.2) is 9.59 Å². The van der Waals surface area contributed by atoms with Gasteiger partial charge < -0.3 is 19.5 Å². The first-order valence-electron chi connectivity index (χ1n) is 25.1. The Balaban J connectivity index is 4.06. The van der Waals surface area contributed by atoms with Gasteiger partial charge in [-0.15, -0.1) is 0 Å². The van der Waals surface area contributed by atoms with E-state index in [2.05, 4.69) is 32.6 Å². The third-order valence-electron chi connectivity index (χ3n) is 11.4. The zero-order valence-corrected chi connectivity index (χ0v) is 38.7. The van der Waals surface area contributed by atoms with Crippen molar-refractivity contribution >= 4 is 11.9 Å². The minimum atomic E-state index is -0.153. The summed E-state index contributed by atoms with van der Waals surface area (Å²) in [6, 6.07) is 0. The molecule has 0 aromatic heterocycles. The van der Waals surface area contributed by atoms with E-state index in [0.29, 0.717) is 13.2 Å². The molecule has 0 aliphatic carbocycles. The van der Waals surface area contributed by atoms with Crippen LogP contribution in [0.15, 0.2) is 23.3 Å². The molecule has 57 heavy (non-hydrogen) atoms. The molecule has 6 nitrogen and oxygen atoms in total. The van der Waals surface area contributed by atoms with Crippen molar-refractivity contribution in [2.24, 2.45) is 0 Å². The minimum absolute atomic E-state index is 0.143. The summed E-state index contributed by atoms with van der Waals surface area (Å²) in [7, 11) is 0. The minimum Gasteiger partial charge on any atom is -0.463 e. The summed E-state index contributed by atoms with van der Waals surface area (Å²) in [6.07, 6.45) is 45.5. The van der Waals surface area contributed by atoms with Gasteiger partial charge in [0.05, 0.1) is 13.2 Å². The zero-order chi connectivity index (χ0) is 41.7. The van der Waals surface area contributed by atoms with E-state index in [4.69, 9.17) is 9.47 Å². The molecule has 0 atom stereocenters. The Hall–Kier alpha value is -1.66. The molecule has 0 aliphatic heterocycles. The quantitative estimate of drug-likeness (QED) is 0.0375. The largest absolute Gasteiger partial charge is 0.463 e. The van der Waals surface area contributed by atoms with E-state index in [9.17, 15) is 14.7 Å². The highest BCUT2D eigenvalue weighted by Crippen LogP contribution is 2.19. The number of unbranched alkanes of at least 4 members (excludes halogenated alkanes) is 24. The molecule has 0 aromatic carbocycles. The number of esters is 2. The van der Waals surface area contributed by atoms with E-state index in [-0.39, 0.29) is 18.5 Å². The normalized spacial score (nSPS) is 12.2. The second-order valence-corrected chi connectivity index (χ2v) is 17.1. The van der Waals surface area contributed by atoms with Crippen LogP contribution in [-0.4, -0.2) is 61.4 Å². The van der Waals surface area contributed by atoms with Crippen LogP contribution in [0, 0.1) is 0 Å². The van der Waals surface area contributed by atoms with Crippen molar-refractivity contribution in [3.05, 3.63) is 23.3 Å². The van der Waals surface area contributed by atoms with E-state index in [1.807, 2.05) is 0 Å². The van der Waals surface area contributed by atoms with Crippen LogP contribution < -0.4 is 0 Å². The van der Waals surface area contributed by atoms with Crippen molar-refractivity contribution < 1.29 is 24.2 Å². The fourth-order valence-electron chi connectivity index (χ4n) is 7.74. The Labute approximate surface area is 355 Å². The number of allylic oxidation sites excluding steroid dienone is 2. The van der Waals surface area contributed by atoms with Crippen LogP contribution in [0.3, 0.4) is 0 Å². The molecule has 0 spiro atoms. The van der Waals surface area contributed by atoms with Crippen molar-refractivity contribution in [1.82, 2.24) is 4.90 Å². The van der Waals surface area contributed by atoms with Gasteiger partial charge in [0.25, 0.3) is 0 Å². The molecule has 0 aliphatic rings. The molecule has 336 valence electrons. The number of ether oxygens (including phenoxy) is 2. The predicted octanol–water partition coefficient (Wildman–Crippen LogP) is 15.0. The lowest BCUT2D eigenvalue weighted by molar-refractivity contribution is -0.138. The first-order valence-corrected chi connectivity index (χ1v) is 25.1. The van der Waals surface area contributed by atoms with Crippen LogP contribution in [0.2, 0.25) is 0 Å². The Bertz CT molecular complexity index is 931. The number of rotatable bonds is 45. The molecule has 0 rings (SSSR count). The number of hydrogen-bond donors (Lipinski definition) is 1. The van der Waals surface area contributed by atoms with E-state index in [1.165, 1.54) is 152 Å². The molecular weight excluding hydrogens is 707 g/mol. The summed E-state index contributed by atoms with van der Waals surface area (Å²) < 4.78 is 11.2. The summed E-state index contributed by atoms with van der Waals surface area (Å²) in [6.45, 7) is 13.3. The molecule has 0 saturated heterocycles. The van der Waals surface area contributed by atoms with Crippen LogP contribution in [0.4, 0.5) is 0 Å². The first kappa shape index (κ1) is 55.3. The van der Waals surface area contributed by atoms with Gasteiger partial charge in [-0.2, -0.15) is 0 Å². The van der Waals surface area contributed by atoms with Crippen molar-refractivity contribution in [3.63, 3.8) is 0 Å². The lowest BCUT2D eigenvalue weighted by atomic mass is 10.0. The zero-order valence-electron chi connectivity index (χ0n) is 38.7. The topological polar surface area (TPSA) is 76.1 Å². The summed E-state index contributed by atoms with van der Waals surface area (Å²) in [5.74, 6) is -0.297. The average Bonchev–Trinajstić information content (AvgIpc) is 3.20. The number of carbonyl (C=O) groups excluding carboxylic acids is 2. The third-order valence-corrected chi connectivity index (χ3v) is 11.4. The molecule has 0 amide bonds. The lowest BCUT2D eigenvalue weighted by Gasteiger charge is -2.22. The first-order chi connectivity index (χ1) is 28.0. The average molecular weight is 804 g/mol. The monoisotopic (exact) mass is 804 g/mol. The van der Waals surface area contributed by atoms with Crippen LogP contribution >= 0.6 is 0 Å². The number of hydrogen-bond acceptors (Lipinski definition) is 6. The van der Waals surface area contributed by atoms with Gasteiger partial charge in [-0.3, -0.25) is 0 Å². The van der Waals surface area contributed by atoms with E-state index in [1.54, 1.807) is 12.2 Å². The summed E-state index contributed by atoms with van der Waals surface area (Å²) in [5.41, 5.74) is 2.54. The highest BCUT2D eigenvalue weighted by molar-refractivity contribution is 5.83. The maximum Gasteiger partial charge on any atom is 0.330 e. The molecule has 0 heterocycles. The fourth-order valence-corrected chi connectivity index (χ4v) is 7.74. The molecule has 6 heteroatoms. The molecule has 0 unspecified atom stereocenters. The van der Waals surface area contributed by atoms with Gasteiger partial charge in [0, 0.05) is 25.3 Å². The molecule has 0 saturated carbocycles. The molecule has 0 fully saturated rings. The summed E-state index contributed by atoms with van der Waals surface area (Å²) in [4.78, 5) is 27.5. The predicted molar refractivity (Wildman–Crippen MR) is 246 cm³/mol. The molecule has 0 aromatic rings. The molecule has 0 bridgehead atoms. The van der Waals surface area contributed by atoms with Gasteiger partial charge in [0.1, 0.15) is 0 Å². The summed E-state index contributed by atoms with van der Waals surface area (Å²) >= 11 is 0. The lowest BCUT2D eigenvalue weighted by Crippen LogP contribution is -2.28. The van der Waals surface area contributed by atoms with Crippen LogP contribution in [0.5, 0.6) is 0 Å². The maximum atomic E-state index is 12.6. The van der Waals surface area contributed by atoms with Gasteiger partial charge in [-0.1, -0.05) is 180 Å². The SMILES string of the molecule is CCCCCCCCCC/C(=C/C(=O)OCCCCCCCCCCN(CCCO)CCCCCOC(=O)/C=C(\CCCC)CCCCCCCCCC)CCC. The molecular formula is C51H97NO5. The highest BCUT2D eigenvalue weighted by atomic mass is 16.5. The van der Waals surface area contributed by atoms with Gasteiger partial charge in [0.15, 0.2) is 0 Å². The standard InChI is InChI=1S/C51H97NO5/c1-5-9-12-14-16-20-24-29-38-48(36-8-4)46-50(54)56-44-33-27-23-19-18-22-26-31-40-52(42-35-43-53)41-32-28-34-45-57-51(55)47-49(37-11-7-3)39-30-25-21-17-15-13-10-6-2/h46-47,53H,5-45H2,1-4H3/b48-46+,49-47+. The van der Waals surface area contributed by atoms with Gasteiger partial charge >= 0.3 is 11.9 Å². The van der Waals surface area contributed by atoms with E-state index in [0.717, 1.165) is 103 Å². The van der Waals surface area contributed by atoms with Crippen LogP contribution in [0.1, 0.15) is 252 Å². The van der Waals surface area contributed by atoms with E-state index < -0.39 is 0 Å². The number of nitrogens with zero attached hydrogens (tertiary/aromatic N) is 1. The Kier molecular flexibility index (Phi) is 44.1. The Morgan fingerprint density at radius 3 is 1.14 bits per heavy atom. The second-order valence-electron chi connectivity index (χ2n) is 17.1. The fraction of sp³-hybridized carbons (Fsp3) is 0.882. The number of aliphatic hydroxyl groups is 1. The maximum absolute atomic E-state index is 12.6. The van der Waals surface area contributed by atoms with Crippen molar-refractivity contribution in [3.8, 4) is 0 Å². The van der Waals surface area contributed by atoms with Crippen molar-refractivity contribution in [2.45, 2.75) is 252 Å². The highest BCUT2D eigenvalue weighted by Gasteiger charge is 2.08. The number of carbonyl (C=O) groups is 2. The Morgan fingerprint density at radius 1 is 0.386 bits per heavy atom. The summed E-state index contributed by atoms with van der Waals surface area (Å²) in [5, 5.41) is 9.41. The smallest absolute Gasteiger partial charge is 0.330 e. The third kappa shape index (κ3) is 40.9. The molecule has 0 radical (unpaired) electrons. The van der Waals surface area contributed by atoms with Crippen LogP contribution in [0.25, 0.3) is 0 Å².